The molecule has 32 heavy (non-hydrogen) atoms. The largest absolute Gasteiger partial charge is 0.489 e. The van der Waals surface area contributed by atoms with Crippen LogP contribution >= 0.6 is 0 Å². The van der Waals surface area contributed by atoms with Crippen LogP contribution in [0.15, 0.2) is 48.5 Å². The number of para-hydroxylation sites is 2. The van der Waals surface area contributed by atoms with Gasteiger partial charge in [-0.25, -0.2) is 0 Å². The van der Waals surface area contributed by atoms with Gasteiger partial charge in [0.25, 0.3) is 5.91 Å². The maximum Gasteiger partial charge on any atom is 0.254 e. The summed E-state index contributed by atoms with van der Waals surface area (Å²) in [5.74, 6) is 0.486. The summed E-state index contributed by atoms with van der Waals surface area (Å²) in [5.41, 5.74) is 1.99. The van der Waals surface area contributed by atoms with Crippen LogP contribution < -0.4 is 15.4 Å². The Bertz CT molecular complexity index is 906. The van der Waals surface area contributed by atoms with Gasteiger partial charge in [-0.3, -0.25) is 9.59 Å². The maximum absolute atomic E-state index is 12.5. The van der Waals surface area contributed by atoms with Crippen LogP contribution in [0.25, 0.3) is 0 Å². The molecular weight excluding hydrogens is 410 g/mol. The number of morpholine rings is 1. The number of nitrogens with zero attached hydrogens (tertiary/aromatic N) is 1. The summed E-state index contributed by atoms with van der Waals surface area (Å²) in [7, 11) is 0. The van der Waals surface area contributed by atoms with E-state index in [2.05, 4.69) is 10.6 Å². The predicted molar refractivity (Wildman–Crippen MR) is 121 cm³/mol. The number of carbonyl (C=O) groups excluding carboxylic acids is 2. The van der Waals surface area contributed by atoms with Crippen LogP contribution in [0.1, 0.15) is 23.2 Å². The maximum atomic E-state index is 12.5. The molecule has 8 nitrogen and oxygen atoms in total. The fourth-order valence-electron chi connectivity index (χ4n) is 3.72. The molecule has 2 aliphatic heterocycles. The standard InChI is InChI=1S/C24H29N3O5/c28-23(16-25-21-5-1-2-6-22(21)32-17-20-4-3-13-31-20)26-19-9-7-18(8-10-19)24(29)27-11-14-30-15-12-27/h1-2,5-10,20,25H,3-4,11-17H2,(H,26,28). The average Bonchev–Trinajstić information content (AvgIpc) is 3.36. The van der Waals surface area contributed by atoms with E-state index in [1.165, 1.54) is 0 Å². The second-order valence-corrected chi connectivity index (χ2v) is 7.83. The van der Waals surface area contributed by atoms with E-state index in [4.69, 9.17) is 14.2 Å². The Morgan fingerprint density at radius 3 is 2.56 bits per heavy atom. The summed E-state index contributed by atoms with van der Waals surface area (Å²) in [6.45, 7) is 3.71. The van der Waals surface area contributed by atoms with Gasteiger partial charge < -0.3 is 29.7 Å². The van der Waals surface area contributed by atoms with Crippen molar-refractivity contribution in [2.45, 2.75) is 18.9 Å². The molecule has 4 rings (SSSR count). The lowest BCUT2D eigenvalue weighted by Crippen LogP contribution is -2.40. The van der Waals surface area contributed by atoms with E-state index in [0.717, 1.165) is 25.1 Å². The molecule has 0 spiro atoms. The number of hydrogen-bond donors (Lipinski definition) is 2. The second kappa shape index (κ2) is 11.0. The topological polar surface area (TPSA) is 89.1 Å². The van der Waals surface area contributed by atoms with Crippen molar-refractivity contribution in [1.29, 1.82) is 0 Å². The number of carbonyl (C=O) groups is 2. The molecule has 1 atom stereocenters. The number of hydrogen-bond acceptors (Lipinski definition) is 6. The highest BCUT2D eigenvalue weighted by Crippen LogP contribution is 2.25. The zero-order valence-electron chi connectivity index (χ0n) is 18.0. The molecule has 1 unspecified atom stereocenters. The molecule has 2 aliphatic rings. The average molecular weight is 440 g/mol. The number of benzene rings is 2. The summed E-state index contributed by atoms with van der Waals surface area (Å²) in [6.07, 6.45) is 2.20. The zero-order chi connectivity index (χ0) is 22.2. The molecule has 8 heteroatoms. The Balaban J connectivity index is 1.26. The van der Waals surface area contributed by atoms with E-state index < -0.39 is 0 Å². The SMILES string of the molecule is O=C(CNc1ccccc1OCC1CCCO1)Nc1ccc(C(=O)N2CCOCC2)cc1. The molecule has 0 aromatic heterocycles. The van der Waals surface area contributed by atoms with Gasteiger partial charge in [0.05, 0.1) is 31.5 Å². The van der Waals surface area contributed by atoms with Crippen molar-refractivity contribution in [3.63, 3.8) is 0 Å². The summed E-state index contributed by atoms with van der Waals surface area (Å²) in [4.78, 5) is 26.7. The minimum atomic E-state index is -0.189. The zero-order valence-corrected chi connectivity index (χ0v) is 18.0. The highest BCUT2D eigenvalue weighted by molar-refractivity contribution is 5.96. The fourth-order valence-corrected chi connectivity index (χ4v) is 3.72. The van der Waals surface area contributed by atoms with E-state index in [1.807, 2.05) is 24.3 Å². The van der Waals surface area contributed by atoms with E-state index in [9.17, 15) is 9.59 Å². The molecule has 2 saturated heterocycles. The van der Waals surface area contributed by atoms with Gasteiger partial charge in [-0.1, -0.05) is 12.1 Å². The van der Waals surface area contributed by atoms with Crippen molar-refractivity contribution in [3.05, 3.63) is 54.1 Å². The summed E-state index contributed by atoms with van der Waals surface area (Å²) >= 11 is 0. The molecule has 2 aromatic carbocycles. The van der Waals surface area contributed by atoms with Gasteiger partial charge in [0, 0.05) is 30.9 Å². The van der Waals surface area contributed by atoms with Crippen LogP contribution in [-0.2, 0) is 14.3 Å². The lowest BCUT2D eigenvalue weighted by atomic mass is 10.1. The van der Waals surface area contributed by atoms with Gasteiger partial charge in [-0.05, 0) is 49.2 Å². The van der Waals surface area contributed by atoms with Crippen LogP contribution in [-0.4, -0.2) is 68.9 Å². The minimum Gasteiger partial charge on any atom is -0.489 e. The lowest BCUT2D eigenvalue weighted by Gasteiger charge is -2.26. The molecule has 2 amide bonds. The first-order valence-electron chi connectivity index (χ1n) is 11.0. The molecule has 170 valence electrons. The van der Waals surface area contributed by atoms with Crippen molar-refractivity contribution < 1.29 is 23.8 Å². The highest BCUT2D eigenvalue weighted by atomic mass is 16.5. The number of ether oxygens (including phenoxy) is 3. The summed E-state index contributed by atoms with van der Waals surface area (Å²) in [5, 5.41) is 5.98. The Hall–Kier alpha value is -3.10. The first-order chi connectivity index (χ1) is 15.7. The van der Waals surface area contributed by atoms with Crippen molar-refractivity contribution in [2.75, 3.05) is 56.7 Å². The summed E-state index contributed by atoms with van der Waals surface area (Å²) in [6, 6.07) is 14.5. The van der Waals surface area contributed by atoms with Gasteiger partial charge in [-0.2, -0.15) is 0 Å². The molecule has 0 radical (unpaired) electrons. The second-order valence-electron chi connectivity index (χ2n) is 7.83. The minimum absolute atomic E-state index is 0.0209. The quantitative estimate of drug-likeness (QED) is 0.658. The Morgan fingerprint density at radius 2 is 1.81 bits per heavy atom. The third-order valence-corrected chi connectivity index (χ3v) is 5.49. The van der Waals surface area contributed by atoms with Crippen molar-refractivity contribution >= 4 is 23.2 Å². The number of nitrogens with one attached hydrogen (secondary N) is 2. The molecular formula is C24H29N3O5. The Labute approximate surface area is 187 Å². The molecule has 2 aromatic rings. The monoisotopic (exact) mass is 439 g/mol. The van der Waals surface area contributed by atoms with Crippen LogP contribution in [0.5, 0.6) is 5.75 Å². The van der Waals surface area contributed by atoms with Gasteiger partial charge in [0.2, 0.25) is 5.91 Å². The number of rotatable bonds is 8. The normalized spacial score (nSPS) is 18.2. The van der Waals surface area contributed by atoms with Crippen LogP contribution in [0, 0.1) is 0 Å². The van der Waals surface area contributed by atoms with E-state index in [1.54, 1.807) is 29.2 Å². The smallest absolute Gasteiger partial charge is 0.254 e. The molecule has 0 saturated carbocycles. The van der Waals surface area contributed by atoms with E-state index in [0.29, 0.717) is 49.9 Å². The van der Waals surface area contributed by atoms with Gasteiger partial charge in [0.1, 0.15) is 12.4 Å². The van der Waals surface area contributed by atoms with E-state index >= 15 is 0 Å². The van der Waals surface area contributed by atoms with Gasteiger partial charge in [-0.15, -0.1) is 0 Å². The van der Waals surface area contributed by atoms with Crippen LogP contribution in [0.3, 0.4) is 0 Å². The molecule has 0 aliphatic carbocycles. The third kappa shape index (κ3) is 5.99. The lowest BCUT2D eigenvalue weighted by molar-refractivity contribution is -0.114. The highest BCUT2D eigenvalue weighted by Gasteiger charge is 2.19. The summed E-state index contributed by atoms with van der Waals surface area (Å²) < 4.78 is 16.8. The molecule has 2 heterocycles. The third-order valence-electron chi connectivity index (χ3n) is 5.49. The van der Waals surface area contributed by atoms with Crippen molar-refractivity contribution in [2.24, 2.45) is 0 Å². The first kappa shape index (κ1) is 22.1. The molecule has 2 N–H and O–H groups in total. The van der Waals surface area contributed by atoms with Crippen molar-refractivity contribution in [3.8, 4) is 5.75 Å². The predicted octanol–water partition coefficient (Wildman–Crippen LogP) is 2.77. The Kier molecular flexibility index (Phi) is 7.58. The number of anilines is 2. The number of amides is 2. The Morgan fingerprint density at radius 1 is 1.03 bits per heavy atom. The van der Waals surface area contributed by atoms with E-state index in [-0.39, 0.29) is 24.5 Å². The fraction of sp³-hybridized carbons (Fsp3) is 0.417. The van der Waals surface area contributed by atoms with Crippen molar-refractivity contribution in [1.82, 2.24) is 4.90 Å². The molecule has 0 bridgehead atoms. The first-order valence-corrected chi connectivity index (χ1v) is 11.0. The van der Waals surface area contributed by atoms with Crippen LogP contribution in [0.2, 0.25) is 0 Å². The molecule has 2 fully saturated rings. The van der Waals surface area contributed by atoms with Gasteiger partial charge >= 0.3 is 0 Å². The van der Waals surface area contributed by atoms with Crippen LogP contribution in [0.4, 0.5) is 11.4 Å². The van der Waals surface area contributed by atoms with Gasteiger partial charge in [0.15, 0.2) is 0 Å².